The Kier molecular flexibility index (Phi) is 12.8. The lowest BCUT2D eigenvalue weighted by molar-refractivity contribution is 0.0611. The Bertz CT molecular complexity index is 1150. The van der Waals surface area contributed by atoms with Gasteiger partial charge in [0.15, 0.2) is 0 Å². The molecule has 0 aromatic heterocycles. The largest absolute Gasteiger partial charge is 0.488 e. The van der Waals surface area contributed by atoms with Gasteiger partial charge < -0.3 is 29.5 Å². The van der Waals surface area contributed by atoms with Crippen LogP contribution < -0.4 is 9.47 Å². The molecule has 2 saturated heterocycles. The van der Waals surface area contributed by atoms with Gasteiger partial charge in [-0.05, 0) is 140 Å². The molecule has 2 heterocycles. The van der Waals surface area contributed by atoms with E-state index in [1.54, 1.807) is 0 Å². The van der Waals surface area contributed by atoms with Crippen LogP contribution in [0.15, 0.2) is 51.9 Å². The minimum atomic E-state index is -3.91. The summed E-state index contributed by atoms with van der Waals surface area (Å²) in [4.78, 5) is 4.62. The van der Waals surface area contributed by atoms with Crippen molar-refractivity contribution in [2.75, 3.05) is 52.5 Å². The number of likely N-dealkylation sites (tertiary alicyclic amines) is 2. The summed E-state index contributed by atoms with van der Waals surface area (Å²) in [6.45, 7) is 5.20. The van der Waals surface area contributed by atoms with Crippen LogP contribution in [0.1, 0.15) is 38.5 Å². The number of sulfone groups is 1. The van der Waals surface area contributed by atoms with Gasteiger partial charge >= 0.3 is 0 Å². The number of hydrogen-bond donors (Lipinski definition) is 2. The van der Waals surface area contributed by atoms with E-state index >= 15 is 0 Å². The molecule has 8 nitrogen and oxygen atoms in total. The van der Waals surface area contributed by atoms with Crippen molar-refractivity contribution in [3.05, 3.63) is 42.2 Å². The summed E-state index contributed by atoms with van der Waals surface area (Å²) in [6, 6.07) is 5.98. The van der Waals surface area contributed by atoms with Crippen LogP contribution in [0.2, 0.25) is 0 Å². The smallest absolute Gasteiger partial charge is 0.206 e. The molecule has 0 bridgehead atoms. The van der Waals surface area contributed by atoms with Crippen LogP contribution in [0.25, 0.3) is 0 Å². The molecule has 2 N–H and O–H groups in total. The van der Waals surface area contributed by atoms with Gasteiger partial charge in [-0.3, -0.25) is 0 Å². The molecule has 0 spiro atoms. The van der Waals surface area contributed by atoms with Crippen molar-refractivity contribution < 1.29 is 28.1 Å². The van der Waals surface area contributed by atoms with E-state index in [9.17, 15) is 18.6 Å². The van der Waals surface area contributed by atoms with E-state index in [4.69, 9.17) is 9.47 Å². The highest BCUT2D eigenvalue weighted by atomic mass is 79.9. The third kappa shape index (κ3) is 9.37. The number of benzene rings is 2. The Morgan fingerprint density at radius 2 is 0.951 bits per heavy atom. The average Bonchev–Trinajstić information content (AvgIpc) is 2.93. The minimum Gasteiger partial charge on any atom is -0.488 e. The molecule has 0 radical (unpaired) electrons. The second-order valence-electron chi connectivity index (χ2n) is 10.6. The van der Waals surface area contributed by atoms with E-state index in [0.717, 1.165) is 51.9 Å². The fourth-order valence-corrected chi connectivity index (χ4v) is 9.94. The van der Waals surface area contributed by atoms with Gasteiger partial charge in [0.2, 0.25) is 9.84 Å². The lowest BCUT2D eigenvalue weighted by Crippen LogP contribution is -2.38. The van der Waals surface area contributed by atoms with E-state index in [1.165, 1.54) is 37.1 Å². The Labute approximate surface area is 276 Å². The summed E-state index contributed by atoms with van der Waals surface area (Å²) in [6.07, 6.45) is 5.72. The van der Waals surface area contributed by atoms with Crippen LogP contribution in [0, 0.1) is 0 Å². The number of ether oxygens (including phenoxy) is 2. The van der Waals surface area contributed by atoms with E-state index in [2.05, 4.69) is 73.5 Å². The van der Waals surface area contributed by atoms with E-state index in [-0.39, 0.29) is 23.0 Å². The van der Waals surface area contributed by atoms with Crippen LogP contribution in [-0.4, -0.2) is 93.1 Å². The molecule has 0 amide bonds. The number of rotatable bonds is 12. The van der Waals surface area contributed by atoms with Crippen LogP contribution in [0.5, 0.6) is 11.5 Å². The number of hydrogen-bond acceptors (Lipinski definition) is 8. The van der Waals surface area contributed by atoms with Gasteiger partial charge in [-0.15, -0.1) is 0 Å². The molecule has 0 saturated carbocycles. The van der Waals surface area contributed by atoms with Gasteiger partial charge in [0.25, 0.3) is 0 Å². The first kappa shape index (κ1) is 33.6. The summed E-state index contributed by atoms with van der Waals surface area (Å²) in [5.41, 5.74) is 0. The molecule has 13 heteroatoms. The fraction of sp³-hybridized carbons (Fsp3) is 0.571. The summed E-state index contributed by atoms with van der Waals surface area (Å²) in [7, 11) is -3.91. The molecule has 2 aromatic rings. The van der Waals surface area contributed by atoms with Crippen LogP contribution >= 0.6 is 63.7 Å². The van der Waals surface area contributed by atoms with Crippen LogP contribution in [0.3, 0.4) is 0 Å². The molecule has 2 atom stereocenters. The first-order chi connectivity index (χ1) is 19.5. The number of nitrogens with zero attached hydrogens (tertiary/aromatic N) is 2. The molecule has 2 fully saturated rings. The van der Waals surface area contributed by atoms with Crippen molar-refractivity contribution in [1.82, 2.24) is 9.80 Å². The van der Waals surface area contributed by atoms with Crippen LogP contribution in [0.4, 0.5) is 0 Å². The van der Waals surface area contributed by atoms with Crippen molar-refractivity contribution in [3.8, 4) is 11.5 Å². The zero-order chi connectivity index (χ0) is 29.6. The lowest BCUT2D eigenvalue weighted by atomic mass is 10.1. The molecule has 2 aliphatic heterocycles. The standard InChI is InChI=1S/C28H36Br4N2O6S/c29-23-11-21(12-24(30)27(23)39-17-19(35)15-33-7-3-1-4-8-33)41(37,38)22-13-25(31)28(26(32)14-22)40-18-20(36)16-34-9-5-2-6-10-34/h11-14,19-20,35-36H,1-10,15-18H2. The fourth-order valence-electron chi connectivity index (χ4n) is 5.14. The summed E-state index contributed by atoms with van der Waals surface area (Å²) in [5, 5.41) is 20.9. The summed E-state index contributed by atoms with van der Waals surface area (Å²) in [5.74, 6) is 0.853. The Balaban J connectivity index is 1.41. The number of aliphatic hydroxyl groups is 2. The molecule has 2 aliphatic rings. The molecule has 2 aromatic carbocycles. The normalized spacial score (nSPS) is 18.7. The third-order valence-corrected chi connectivity index (χ3v) is 11.3. The van der Waals surface area contributed by atoms with E-state index in [0.29, 0.717) is 42.5 Å². The number of β-amino-alcohol motifs (C(OH)–C–C–N with tert-alkyl or cyclic N) is 2. The zero-order valence-corrected chi connectivity index (χ0v) is 29.9. The zero-order valence-electron chi connectivity index (χ0n) is 22.7. The lowest BCUT2D eigenvalue weighted by Gasteiger charge is -2.28. The van der Waals surface area contributed by atoms with Crippen molar-refractivity contribution in [1.29, 1.82) is 0 Å². The Hall–Kier alpha value is -0.250. The second-order valence-corrected chi connectivity index (χ2v) is 16.0. The maximum Gasteiger partial charge on any atom is 0.206 e. The van der Waals surface area contributed by atoms with Crippen molar-refractivity contribution >= 4 is 73.6 Å². The van der Waals surface area contributed by atoms with Gasteiger partial charge in [-0.2, -0.15) is 0 Å². The second kappa shape index (κ2) is 15.7. The molecule has 4 rings (SSSR count). The molecule has 41 heavy (non-hydrogen) atoms. The maximum atomic E-state index is 13.6. The van der Waals surface area contributed by atoms with Crippen molar-refractivity contribution in [2.45, 2.75) is 60.5 Å². The molecule has 2 unspecified atom stereocenters. The summed E-state index contributed by atoms with van der Waals surface area (Å²) >= 11 is 13.8. The minimum absolute atomic E-state index is 0.0712. The van der Waals surface area contributed by atoms with Gasteiger partial charge in [0.1, 0.15) is 36.9 Å². The Morgan fingerprint density at radius 1 is 0.634 bits per heavy atom. The van der Waals surface area contributed by atoms with E-state index in [1.807, 2.05) is 0 Å². The predicted octanol–water partition coefficient (Wildman–Crippen LogP) is 6.02. The molecule has 228 valence electrons. The maximum absolute atomic E-state index is 13.6. The molecular formula is C28H36Br4N2O6S. The quantitative estimate of drug-likeness (QED) is 0.268. The average molecular weight is 848 g/mol. The number of piperidine rings is 2. The Morgan fingerprint density at radius 3 is 1.27 bits per heavy atom. The summed E-state index contributed by atoms with van der Waals surface area (Å²) < 4.78 is 40.7. The van der Waals surface area contributed by atoms with Gasteiger partial charge in [0, 0.05) is 13.1 Å². The monoisotopic (exact) mass is 844 g/mol. The van der Waals surface area contributed by atoms with Gasteiger partial charge in [-0.1, -0.05) is 12.8 Å². The number of halogens is 4. The van der Waals surface area contributed by atoms with Crippen molar-refractivity contribution in [2.24, 2.45) is 0 Å². The first-order valence-corrected chi connectivity index (χ1v) is 18.5. The highest BCUT2D eigenvalue weighted by molar-refractivity contribution is 9.11. The van der Waals surface area contributed by atoms with E-state index < -0.39 is 22.0 Å². The predicted molar refractivity (Wildman–Crippen MR) is 173 cm³/mol. The van der Waals surface area contributed by atoms with Gasteiger partial charge in [-0.25, -0.2) is 8.42 Å². The SMILES string of the molecule is O=S(=O)(c1cc(Br)c(OCC(O)CN2CCCCC2)c(Br)c1)c1cc(Br)c(OCC(O)CN2CCCCC2)c(Br)c1. The van der Waals surface area contributed by atoms with Gasteiger partial charge in [0.05, 0.1) is 27.7 Å². The molecule has 0 aliphatic carbocycles. The highest BCUT2D eigenvalue weighted by Crippen LogP contribution is 2.41. The topological polar surface area (TPSA) is 99.5 Å². The highest BCUT2D eigenvalue weighted by Gasteiger charge is 2.25. The van der Waals surface area contributed by atoms with Crippen molar-refractivity contribution in [3.63, 3.8) is 0 Å². The third-order valence-electron chi connectivity index (χ3n) is 7.24. The number of aliphatic hydroxyl groups excluding tert-OH is 2. The molecular weight excluding hydrogens is 812 g/mol. The van der Waals surface area contributed by atoms with Crippen LogP contribution in [-0.2, 0) is 9.84 Å². The first-order valence-electron chi connectivity index (χ1n) is 13.8.